The van der Waals surface area contributed by atoms with Gasteiger partial charge in [0.15, 0.2) is 0 Å². The maximum atomic E-state index is 11.7. The second-order valence-corrected chi connectivity index (χ2v) is 5.44. The number of hydrogen-bond donors (Lipinski definition) is 1. The van der Waals surface area contributed by atoms with Gasteiger partial charge in [-0.1, -0.05) is 29.8 Å². The molecule has 106 valence electrons. The van der Waals surface area contributed by atoms with Crippen LogP contribution in [0, 0.1) is 5.92 Å². The van der Waals surface area contributed by atoms with Crippen LogP contribution in [0.3, 0.4) is 0 Å². The van der Waals surface area contributed by atoms with E-state index in [-0.39, 0.29) is 17.9 Å². The molecule has 1 unspecified atom stereocenters. The van der Waals surface area contributed by atoms with Crippen LogP contribution in [-0.2, 0) is 16.1 Å². The highest BCUT2D eigenvalue weighted by Gasteiger charge is 2.22. The molecule has 4 nitrogen and oxygen atoms in total. The summed E-state index contributed by atoms with van der Waals surface area (Å²) in [5.41, 5.74) is 1.04. The molecule has 1 rings (SSSR count). The molecule has 0 saturated heterocycles. The van der Waals surface area contributed by atoms with Crippen LogP contribution in [0.2, 0.25) is 0 Å². The van der Waals surface area contributed by atoms with Gasteiger partial charge in [0.2, 0.25) is 0 Å². The second kappa shape index (κ2) is 7.50. The largest absolute Gasteiger partial charge is 0.497 e. The first-order chi connectivity index (χ1) is 8.99. The smallest absolute Gasteiger partial charge is 0.323 e. The maximum Gasteiger partial charge on any atom is 0.323 e. The fourth-order valence-electron chi connectivity index (χ4n) is 1.75. The van der Waals surface area contributed by atoms with Crippen molar-refractivity contribution in [1.82, 2.24) is 5.32 Å². The summed E-state index contributed by atoms with van der Waals surface area (Å²) in [4.78, 5) is 11.7. The van der Waals surface area contributed by atoms with Gasteiger partial charge in [-0.25, -0.2) is 0 Å². The lowest BCUT2D eigenvalue weighted by atomic mass is 10.0. The molecule has 1 N–H and O–H groups in total. The summed E-state index contributed by atoms with van der Waals surface area (Å²) in [5.74, 6) is 0.713. The molecule has 0 aliphatic heterocycles. The third-order valence-corrected chi connectivity index (χ3v) is 3.66. The van der Waals surface area contributed by atoms with E-state index in [0.29, 0.717) is 6.54 Å². The van der Waals surface area contributed by atoms with Gasteiger partial charge >= 0.3 is 5.97 Å². The van der Waals surface area contributed by atoms with E-state index < -0.39 is 0 Å². The van der Waals surface area contributed by atoms with Crippen LogP contribution in [0.15, 0.2) is 22.7 Å². The van der Waals surface area contributed by atoms with Gasteiger partial charge in [0.1, 0.15) is 11.8 Å². The summed E-state index contributed by atoms with van der Waals surface area (Å²) in [7, 11) is 3.03. The van der Waals surface area contributed by atoms with E-state index in [4.69, 9.17) is 9.47 Å². The minimum absolute atomic E-state index is 0.164. The van der Waals surface area contributed by atoms with Gasteiger partial charge in [0.05, 0.1) is 14.2 Å². The number of halogens is 1. The summed E-state index contributed by atoms with van der Waals surface area (Å²) in [6.45, 7) is 4.53. The van der Waals surface area contributed by atoms with E-state index in [2.05, 4.69) is 21.2 Å². The SMILES string of the molecule is COC(=O)C(NCc1cc(OC)ccc1Br)C(C)C. The van der Waals surface area contributed by atoms with Crippen molar-refractivity contribution in [1.29, 1.82) is 0 Å². The lowest BCUT2D eigenvalue weighted by Gasteiger charge is -2.20. The van der Waals surface area contributed by atoms with Gasteiger partial charge in [-0.05, 0) is 29.7 Å². The number of methoxy groups -OCH3 is 2. The van der Waals surface area contributed by atoms with Crippen LogP contribution in [0.4, 0.5) is 0 Å². The Morgan fingerprint density at radius 3 is 2.58 bits per heavy atom. The molecule has 0 amide bonds. The zero-order chi connectivity index (χ0) is 14.4. The Labute approximate surface area is 122 Å². The molecule has 19 heavy (non-hydrogen) atoms. The lowest BCUT2D eigenvalue weighted by molar-refractivity contribution is -0.144. The monoisotopic (exact) mass is 329 g/mol. The number of rotatable bonds is 6. The van der Waals surface area contributed by atoms with Gasteiger partial charge in [-0.2, -0.15) is 0 Å². The van der Waals surface area contributed by atoms with Crippen molar-refractivity contribution in [2.24, 2.45) is 5.92 Å². The average molecular weight is 330 g/mol. The molecule has 1 atom stereocenters. The number of carbonyl (C=O) groups is 1. The van der Waals surface area contributed by atoms with Crippen LogP contribution in [0.25, 0.3) is 0 Å². The highest BCUT2D eigenvalue weighted by Crippen LogP contribution is 2.22. The predicted molar refractivity (Wildman–Crippen MR) is 78.2 cm³/mol. The Balaban J connectivity index is 2.76. The van der Waals surface area contributed by atoms with E-state index in [1.54, 1.807) is 7.11 Å². The minimum Gasteiger partial charge on any atom is -0.497 e. The summed E-state index contributed by atoms with van der Waals surface area (Å²) >= 11 is 3.49. The fourth-order valence-corrected chi connectivity index (χ4v) is 2.14. The number of benzene rings is 1. The Bertz CT molecular complexity index is 435. The molecule has 0 bridgehead atoms. The van der Waals surface area contributed by atoms with Crippen molar-refractivity contribution >= 4 is 21.9 Å². The summed E-state index contributed by atoms with van der Waals surface area (Å²) < 4.78 is 11.0. The van der Waals surface area contributed by atoms with Crippen molar-refractivity contribution in [2.45, 2.75) is 26.4 Å². The molecule has 0 spiro atoms. The Hall–Kier alpha value is -1.07. The molecular formula is C14H20BrNO3. The third kappa shape index (κ3) is 4.51. The summed E-state index contributed by atoms with van der Waals surface area (Å²) in [6, 6.07) is 5.43. The second-order valence-electron chi connectivity index (χ2n) is 4.58. The van der Waals surface area contributed by atoms with E-state index in [9.17, 15) is 4.79 Å². The number of esters is 1. The predicted octanol–water partition coefficient (Wildman–Crippen LogP) is 2.74. The van der Waals surface area contributed by atoms with Crippen molar-refractivity contribution in [3.8, 4) is 5.75 Å². The van der Waals surface area contributed by atoms with Crippen LogP contribution in [0.1, 0.15) is 19.4 Å². The number of nitrogens with one attached hydrogen (secondary N) is 1. The molecule has 1 aromatic rings. The van der Waals surface area contributed by atoms with Crippen molar-refractivity contribution in [3.63, 3.8) is 0 Å². The first-order valence-electron chi connectivity index (χ1n) is 6.13. The zero-order valence-corrected chi connectivity index (χ0v) is 13.3. The van der Waals surface area contributed by atoms with E-state index in [0.717, 1.165) is 15.8 Å². The van der Waals surface area contributed by atoms with Crippen molar-refractivity contribution in [3.05, 3.63) is 28.2 Å². The topological polar surface area (TPSA) is 47.6 Å². The average Bonchev–Trinajstić information content (AvgIpc) is 2.40. The Kier molecular flexibility index (Phi) is 6.31. The van der Waals surface area contributed by atoms with Crippen LogP contribution < -0.4 is 10.1 Å². The van der Waals surface area contributed by atoms with Gasteiger partial charge in [-0.15, -0.1) is 0 Å². The maximum absolute atomic E-state index is 11.7. The molecule has 1 aromatic carbocycles. The van der Waals surface area contributed by atoms with E-state index in [1.165, 1.54) is 7.11 Å². The standard InChI is InChI=1S/C14H20BrNO3/c1-9(2)13(14(17)19-4)16-8-10-7-11(18-3)5-6-12(10)15/h5-7,9,13,16H,8H2,1-4H3. The van der Waals surface area contributed by atoms with Gasteiger partial charge < -0.3 is 14.8 Å². The normalized spacial score (nSPS) is 12.3. The quantitative estimate of drug-likeness (QED) is 0.815. The number of hydrogen-bond acceptors (Lipinski definition) is 4. The first-order valence-corrected chi connectivity index (χ1v) is 6.92. The van der Waals surface area contributed by atoms with E-state index in [1.807, 2.05) is 32.0 Å². The van der Waals surface area contributed by atoms with Crippen LogP contribution in [0.5, 0.6) is 5.75 Å². The summed E-state index contributed by atoms with van der Waals surface area (Å²) in [5, 5.41) is 3.22. The van der Waals surface area contributed by atoms with Gasteiger partial charge in [0.25, 0.3) is 0 Å². The molecule has 0 saturated carbocycles. The van der Waals surface area contributed by atoms with E-state index >= 15 is 0 Å². The molecule has 5 heteroatoms. The zero-order valence-electron chi connectivity index (χ0n) is 11.7. The minimum atomic E-state index is -0.317. The van der Waals surface area contributed by atoms with Crippen LogP contribution in [-0.4, -0.2) is 26.2 Å². The van der Waals surface area contributed by atoms with Gasteiger partial charge in [-0.3, -0.25) is 4.79 Å². The van der Waals surface area contributed by atoms with Gasteiger partial charge in [0, 0.05) is 11.0 Å². The molecule has 0 aliphatic carbocycles. The van der Waals surface area contributed by atoms with Crippen molar-refractivity contribution in [2.75, 3.05) is 14.2 Å². The highest BCUT2D eigenvalue weighted by molar-refractivity contribution is 9.10. The Morgan fingerprint density at radius 2 is 2.05 bits per heavy atom. The highest BCUT2D eigenvalue weighted by atomic mass is 79.9. The molecular weight excluding hydrogens is 310 g/mol. The molecule has 0 aromatic heterocycles. The fraction of sp³-hybridized carbons (Fsp3) is 0.500. The Morgan fingerprint density at radius 1 is 1.37 bits per heavy atom. The summed E-state index contributed by atoms with van der Waals surface area (Å²) in [6.07, 6.45) is 0. The molecule has 0 aliphatic rings. The molecule has 0 radical (unpaired) electrons. The number of ether oxygens (including phenoxy) is 2. The molecule has 0 heterocycles. The number of carbonyl (C=O) groups excluding carboxylic acids is 1. The van der Waals surface area contributed by atoms with Crippen LogP contribution >= 0.6 is 15.9 Å². The first kappa shape index (κ1) is 16.0. The third-order valence-electron chi connectivity index (χ3n) is 2.89. The van der Waals surface area contributed by atoms with Crippen molar-refractivity contribution < 1.29 is 14.3 Å². The lowest BCUT2D eigenvalue weighted by Crippen LogP contribution is -2.41. The molecule has 0 fully saturated rings.